The minimum absolute atomic E-state index is 0.0513. The molecule has 7 heteroatoms. The molecule has 1 rings (SSSR count). The van der Waals surface area contributed by atoms with Crippen molar-refractivity contribution >= 4 is 17.5 Å². The summed E-state index contributed by atoms with van der Waals surface area (Å²) in [5.74, 6) is -1.17. The molecule has 0 saturated heterocycles. The number of carboxylic acid groups (broad SMARTS) is 1. The lowest BCUT2D eigenvalue weighted by Crippen LogP contribution is -2.27. The number of carboxylic acids is 1. The van der Waals surface area contributed by atoms with Crippen molar-refractivity contribution in [3.8, 4) is 0 Å². The molecule has 102 valence electrons. The molecule has 0 bridgehead atoms. The van der Waals surface area contributed by atoms with Crippen molar-refractivity contribution < 1.29 is 14.8 Å². The van der Waals surface area contributed by atoms with Crippen molar-refractivity contribution in [3.05, 3.63) is 40.1 Å². The fraction of sp³-hybridized carbons (Fsp3) is 0.333. The second kappa shape index (κ2) is 5.94. The number of aromatic carboxylic acids is 1. The number of aromatic nitrogens is 1. The number of nitro groups is 1. The zero-order valence-corrected chi connectivity index (χ0v) is 10.8. The van der Waals surface area contributed by atoms with Gasteiger partial charge in [-0.25, -0.2) is 9.78 Å². The topological polar surface area (TPSA) is 96.6 Å². The summed E-state index contributed by atoms with van der Waals surface area (Å²) in [6.07, 6.45) is 0. The van der Waals surface area contributed by atoms with Crippen molar-refractivity contribution in [1.29, 1.82) is 0 Å². The molecule has 0 spiro atoms. The highest BCUT2D eigenvalue weighted by Crippen LogP contribution is 2.26. The highest BCUT2D eigenvalue weighted by molar-refractivity contribution is 5.86. The Labute approximate surface area is 110 Å². The number of pyridine rings is 1. The van der Waals surface area contributed by atoms with E-state index >= 15 is 0 Å². The van der Waals surface area contributed by atoms with Gasteiger partial charge in [-0.05, 0) is 19.9 Å². The first-order chi connectivity index (χ1) is 8.86. The largest absolute Gasteiger partial charge is 0.477 e. The number of nitrogens with zero attached hydrogens (tertiary/aromatic N) is 3. The van der Waals surface area contributed by atoms with E-state index in [1.165, 1.54) is 0 Å². The summed E-state index contributed by atoms with van der Waals surface area (Å²) >= 11 is 0. The molecule has 19 heavy (non-hydrogen) atoms. The van der Waals surface area contributed by atoms with Gasteiger partial charge in [0.15, 0.2) is 5.69 Å². The Morgan fingerprint density at radius 3 is 2.63 bits per heavy atom. The zero-order chi connectivity index (χ0) is 14.6. The van der Waals surface area contributed by atoms with Gasteiger partial charge in [0.2, 0.25) is 5.82 Å². The molecule has 0 aliphatic rings. The molecule has 0 saturated carbocycles. The van der Waals surface area contributed by atoms with Crippen LogP contribution in [-0.4, -0.2) is 34.1 Å². The number of anilines is 1. The second-order valence-electron chi connectivity index (χ2n) is 4.07. The van der Waals surface area contributed by atoms with Gasteiger partial charge in [0, 0.05) is 19.2 Å². The smallest absolute Gasteiger partial charge is 0.354 e. The average Bonchev–Trinajstić information content (AvgIpc) is 2.34. The first kappa shape index (κ1) is 14.6. The monoisotopic (exact) mass is 265 g/mol. The van der Waals surface area contributed by atoms with E-state index in [0.29, 0.717) is 13.1 Å². The van der Waals surface area contributed by atoms with E-state index in [2.05, 4.69) is 11.6 Å². The van der Waals surface area contributed by atoms with Gasteiger partial charge < -0.3 is 10.0 Å². The Bertz CT molecular complexity index is 528. The minimum Gasteiger partial charge on any atom is -0.477 e. The Balaban J connectivity index is 3.33. The normalized spacial score (nSPS) is 10.0. The van der Waals surface area contributed by atoms with Gasteiger partial charge in [-0.3, -0.25) is 10.1 Å². The Kier molecular flexibility index (Phi) is 4.57. The van der Waals surface area contributed by atoms with E-state index in [-0.39, 0.29) is 17.2 Å². The van der Waals surface area contributed by atoms with Gasteiger partial charge in [-0.2, -0.15) is 0 Å². The maximum absolute atomic E-state index is 11.0. The van der Waals surface area contributed by atoms with Gasteiger partial charge in [-0.1, -0.05) is 12.2 Å². The molecular weight excluding hydrogens is 250 g/mol. The molecule has 0 aliphatic carbocycles. The van der Waals surface area contributed by atoms with E-state index in [4.69, 9.17) is 5.11 Å². The fourth-order valence-electron chi connectivity index (χ4n) is 1.60. The highest BCUT2D eigenvalue weighted by Gasteiger charge is 2.22. The number of likely N-dealkylation sites (N-methyl/N-ethyl adjacent to an activating group) is 1. The third-order valence-electron chi connectivity index (χ3n) is 2.41. The Hall–Kier alpha value is -2.44. The van der Waals surface area contributed by atoms with Crippen LogP contribution in [0.2, 0.25) is 0 Å². The van der Waals surface area contributed by atoms with Crippen LogP contribution in [0.1, 0.15) is 24.3 Å². The van der Waals surface area contributed by atoms with Gasteiger partial charge >= 0.3 is 11.7 Å². The van der Waals surface area contributed by atoms with Crippen LogP contribution in [-0.2, 0) is 0 Å². The lowest BCUT2D eigenvalue weighted by Gasteiger charge is -2.21. The predicted octanol–water partition coefficient (Wildman–Crippen LogP) is 2.09. The van der Waals surface area contributed by atoms with Crippen LogP contribution in [0.25, 0.3) is 0 Å². The standard InChI is InChI=1S/C12H15N3O4/c1-4-14(7-8(2)3)11-10(15(18)19)6-5-9(13-11)12(16)17/h5-6H,2,4,7H2,1,3H3,(H,16,17). The minimum atomic E-state index is -1.22. The number of hydrogen-bond donors (Lipinski definition) is 1. The summed E-state index contributed by atoms with van der Waals surface area (Å²) in [5.41, 5.74) is 0.368. The maximum atomic E-state index is 11.0. The van der Waals surface area contributed by atoms with E-state index in [9.17, 15) is 14.9 Å². The van der Waals surface area contributed by atoms with Crippen LogP contribution >= 0.6 is 0 Å². The number of carbonyl (C=O) groups is 1. The van der Waals surface area contributed by atoms with Crippen molar-refractivity contribution in [1.82, 2.24) is 4.98 Å². The summed E-state index contributed by atoms with van der Waals surface area (Å²) < 4.78 is 0. The first-order valence-electron chi connectivity index (χ1n) is 5.64. The molecule has 0 unspecified atom stereocenters. The first-order valence-corrected chi connectivity index (χ1v) is 5.64. The van der Waals surface area contributed by atoms with E-state index in [1.807, 2.05) is 6.92 Å². The van der Waals surface area contributed by atoms with E-state index < -0.39 is 10.9 Å². The van der Waals surface area contributed by atoms with E-state index in [0.717, 1.165) is 17.7 Å². The molecular formula is C12H15N3O4. The van der Waals surface area contributed by atoms with Crippen molar-refractivity contribution in [2.24, 2.45) is 0 Å². The van der Waals surface area contributed by atoms with Crippen LogP contribution in [0.3, 0.4) is 0 Å². The third kappa shape index (κ3) is 3.51. The second-order valence-corrected chi connectivity index (χ2v) is 4.07. The molecule has 1 N–H and O–H groups in total. The average molecular weight is 265 g/mol. The molecule has 0 amide bonds. The fourth-order valence-corrected chi connectivity index (χ4v) is 1.60. The third-order valence-corrected chi connectivity index (χ3v) is 2.41. The van der Waals surface area contributed by atoms with Gasteiger partial charge in [0.1, 0.15) is 0 Å². The summed E-state index contributed by atoms with van der Waals surface area (Å²) in [7, 11) is 0. The number of hydrogen-bond acceptors (Lipinski definition) is 5. The Morgan fingerprint density at radius 1 is 1.58 bits per heavy atom. The molecule has 7 nitrogen and oxygen atoms in total. The SMILES string of the molecule is C=C(C)CN(CC)c1nc(C(=O)O)ccc1[N+](=O)[O-]. The predicted molar refractivity (Wildman–Crippen MR) is 70.6 cm³/mol. The van der Waals surface area contributed by atoms with Crippen LogP contribution in [0, 0.1) is 10.1 Å². The van der Waals surface area contributed by atoms with Crippen molar-refractivity contribution in [3.63, 3.8) is 0 Å². The zero-order valence-electron chi connectivity index (χ0n) is 10.8. The molecule has 0 aromatic carbocycles. The lowest BCUT2D eigenvalue weighted by atomic mass is 10.2. The van der Waals surface area contributed by atoms with Gasteiger partial charge in [-0.15, -0.1) is 0 Å². The van der Waals surface area contributed by atoms with Gasteiger partial charge in [0.05, 0.1) is 4.92 Å². The van der Waals surface area contributed by atoms with Crippen LogP contribution in [0.4, 0.5) is 11.5 Å². The molecule has 1 aromatic heterocycles. The van der Waals surface area contributed by atoms with Crippen LogP contribution < -0.4 is 4.90 Å². The van der Waals surface area contributed by atoms with Crippen molar-refractivity contribution in [2.45, 2.75) is 13.8 Å². The number of rotatable bonds is 6. The van der Waals surface area contributed by atoms with Gasteiger partial charge in [0.25, 0.3) is 0 Å². The quantitative estimate of drug-likeness (QED) is 0.480. The highest BCUT2D eigenvalue weighted by atomic mass is 16.6. The molecule has 0 radical (unpaired) electrons. The molecule has 1 heterocycles. The lowest BCUT2D eigenvalue weighted by molar-refractivity contribution is -0.384. The summed E-state index contributed by atoms with van der Waals surface area (Å²) in [6.45, 7) is 8.18. The van der Waals surface area contributed by atoms with Crippen LogP contribution in [0.5, 0.6) is 0 Å². The summed E-state index contributed by atoms with van der Waals surface area (Å²) in [6, 6.07) is 2.28. The van der Waals surface area contributed by atoms with Crippen molar-refractivity contribution in [2.75, 3.05) is 18.0 Å². The molecule has 0 atom stereocenters. The van der Waals surface area contributed by atoms with Crippen LogP contribution in [0.15, 0.2) is 24.3 Å². The maximum Gasteiger partial charge on any atom is 0.354 e. The molecule has 0 fully saturated rings. The molecule has 0 aliphatic heterocycles. The Morgan fingerprint density at radius 2 is 2.21 bits per heavy atom. The molecule has 1 aromatic rings. The summed E-state index contributed by atoms with van der Waals surface area (Å²) in [4.78, 5) is 26.8. The van der Waals surface area contributed by atoms with E-state index in [1.54, 1.807) is 11.8 Å². The summed E-state index contributed by atoms with van der Waals surface area (Å²) in [5, 5.41) is 19.9.